The van der Waals surface area contributed by atoms with Crippen molar-refractivity contribution in [1.29, 1.82) is 0 Å². The van der Waals surface area contributed by atoms with Crippen LogP contribution in [0.25, 0.3) is 0 Å². The van der Waals surface area contributed by atoms with Crippen LogP contribution in [0.3, 0.4) is 0 Å². The summed E-state index contributed by atoms with van der Waals surface area (Å²) >= 11 is 1.34. The molecule has 1 aliphatic rings. The third-order valence-corrected chi connectivity index (χ3v) is 5.02. The molecule has 0 aliphatic carbocycles. The lowest BCUT2D eigenvalue weighted by Crippen LogP contribution is -2.28. The number of aliphatic imine (C=N–C) groups is 1. The number of carbonyl (C=O) groups is 1. The van der Waals surface area contributed by atoms with E-state index < -0.39 is 10.0 Å². The standard InChI is InChI=1S/C15H13N3O3S2/c16-23(20,21)13-8-6-11(7-9-13)17-15-18(14(19)10-22-15)12-4-2-1-3-5-12/h1-9H,10H2,(H2,16,20,21)/b17-15-. The highest BCUT2D eigenvalue weighted by Gasteiger charge is 2.29. The van der Waals surface area contributed by atoms with E-state index in [1.54, 1.807) is 17.0 Å². The third kappa shape index (κ3) is 3.44. The van der Waals surface area contributed by atoms with E-state index in [2.05, 4.69) is 4.99 Å². The maximum absolute atomic E-state index is 12.1. The van der Waals surface area contributed by atoms with E-state index >= 15 is 0 Å². The quantitative estimate of drug-likeness (QED) is 0.920. The van der Waals surface area contributed by atoms with Crippen molar-refractivity contribution >= 4 is 44.2 Å². The molecule has 2 aromatic rings. The lowest BCUT2D eigenvalue weighted by Gasteiger charge is -2.15. The van der Waals surface area contributed by atoms with E-state index in [9.17, 15) is 13.2 Å². The van der Waals surface area contributed by atoms with E-state index in [4.69, 9.17) is 5.14 Å². The van der Waals surface area contributed by atoms with Crippen LogP contribution in [0, 0.1) is 0 Å². The minimum atomic E-state index is -3.73. The molecule has 1 fully saturated rings. The summed E-state index contributed by atoms with van der Waals surface area (Å²) < 4.78 is 22.5. The molecule has 23 heavy (non-hydrogen) atoms. The van der Waals surface area contributed by atoms with Gasteiger partial charge < -0.3 is 0 Å². The first kappa shape index (κ1) is 15.7. The summed E-state index contributed by atoms with van der Waals surface area (Å²) in [6.45, 7) is 0. The molecule has 1 saturated heterocycles. The second-order valence-electron chi connectivity index (χ2n) is 4.79. The number of para-hydroxylation sites is 1. The number of nitrogens with zero attached hydrogens (tertiary/aromatic N) is 2. The maximum Gasteiger partial charge on any atom is 0.243 e. The van der Waals surface area contributed by atoms with Gasteiger partial charge in [0.1, 0.15) is 0 Å². The molecule has 2 N–H and O–H groups in total. The molecule has 0 radical (unpaired) electrons. The number of amidine groups is 1. The number of hydrogen-bond acceptors (Lipinski definition) is 5. The zero-order chi connectivity index (χ0) is 16.4. The van der Waals surface area contributed by atoms with E-state index in [1.807, 2.05) is 30.3 Å². The zero-order valence-corrected chi connectivity index (χ0v) is 13.5. The first-order valence-corrected chi connectivity index (χ1v) is 9.21. The van der Waals surface area contributed by atoms with Crippen LogP contribution in [0.2, 0.25) is 0 Å². The predicted molar refractivity (Wildman–Crippen MR) is 91.3 cm³/mol. The van der Waals surface area contributed by atoms with Crippen LogP contribution in [0.4, 0.5) is 11.4 Å². The second kappa shape index (κ2) is 6.15. The minimum absolute atomic E-state index is 0.0246. The Hall–Kier alpha value is -2.16. The SMILES string of the molecule is NS(=O)(=O)c1ccc(/N=C2\SCC(=O)N2c2ccccc2)cc1. The van der Waals surface area contributed by atoms with Crippen LogP contribution in [-0.4, -0.2) is 25.2 Å². The van der Waals surface area contributed by atoms with Crippen molar-refractivity contribution in [2.24, 2.45) is 10.1 Å². The van der Waals surface area contributed by atoms with Crippen molar-refractivity contribution in [2.75, 3.05) is 10.7 Å². The highest BCUT2D eigenvalue weighted by molar-refractivity contribution is 8.15. The van der Waals surface area contributed by atoms with Crippen molar-refractivity contribution in [3.8, 4) is 0 Å². The van der Waals surface area contributed by atoms with Gasteiger partial charge in [0.15, 0.2) is 5.17 Å². The molecule has 1 heterocycles. The van der Waals surface area contributed by atoms with Gasteiger partial charge in [0.05, 0.1) is 22.0 Å². The van der Waals surface area contributed by atoms with Gasteiger partial charge in [-0.05, 0) is 36.4 Å². The highest BCUT2D eigenvalue weighted by atomic mass is 32.2. The zero-order valence-electron chi connectivity index (χ0n) is 11.9. The fraction of sp³-hybridized carbons (Fsp3) is 0.0667. The van der Waals surface area contributed by atoms with Gasteiger partial charge >= 0.3 is 0 Å². The lowest BCUT2D eigenvalue weighted by molar-refractivity contribution is -0.115. The van der Waals surface area contributed by atoms with Crippen LogP contribution < -0.4 is 10.0 Å². The summed E-state index contributed by atoms with van der Waals surface area (Å²) in [4.78, 5) is 18.1. The number of carbonyl (C=O) groups excluding carboxylic acids is 1. The summed E-state index contributed by atoms with van der Waals surface area (Å²) in [5.41, 5.74) is 1.30. The van der Waals surface area contributed by atoms with Crippen LogP contribution >= 0.6 is 11.8 Å². The average molecular weight is 347 g/mol. The number of thioether (sulfide) groups is 1. The molecule has 118 valence electrons. The Balaban J connectivity index is 1.93. The summed E-state index contributed by atoms with van der Waals surface area (Å²) in [6, 6.07) is 15.1. The van der Waals surface area contributed by atoms with Gasteiger partial charge in [-0.2, -0.15) is 0 Å². The predicted octanol–water partition coefficient (Wildman–Crippen LogP) is 2.10. The Labute approximate surface area is 138 Å². The Morgan fingerprint density at radius 1 is 1.04 bits per heavy atom. The molecule has 0 spiro atoms. The average Bonchev–Trinajstić information content (AvgIpc) is 2.88. The van der Waals surface area contributed by atoms with Crippen LogP contribution in [0.15, 0.2) is 64.5 Å². The van der Waals surface area contributed by atoms with Crippen molar-refractivity contribution in [3.05, 3.63) is 54.6 Å². The van der Waals surface area contributed by atoms with Gasteiger partial charge in [0, 0.05) is 0 Å². The molecule has 1 aliphatic heterocycles. The van der Waals surface area contributed by atoms with E-state index in [1.165, 1.54) is 23.9 Å². The number of anilines is 1. The first-order valence-electron chi connectivity index (χ1n) is 6.67. The van der Waals surface area contributed by atoms with Crippen LogP contribution in [0.1, 0.15) is 0 Å². The fourth-order valence-corrected chi connectivity index (χ4v) is 3.50. The molecule has 0 bridgehead atoms. The van der Waals surface area contributed by atoms with Crippen molar-refractivity contribution < 1.29 is 13.2 Å². The Kier molecular flexibility index (Phi) is 4.20. The number of benzene rings is 2. The topological polar surface area (TPSA) is 92.8 Å². The smallest absolute Gasteiger partial charge is 0.243 e. The summed E-state index contributed by atoms with van der Waals surface area (Å²) in [7, 11) is -3.73. The minimum Gasteiger partial charge on any atom is -0.273 e. The molecule has 0 atom stereocenters. The largest absolute Gasteiger partial charge is 0.273 e. The van der Waals surface area contributed by atoms with Gasteiger partial charge in [-0.25, -0.2) is 18.5 Å². The Morgan fingerprint density at radius 3 is 2.30 bits per heavy atom. The van der Waals surface area contributed by atoms with Gasteiger partial charge in [-0.3, -0.25) is 9.69 Å². The van der Waals surface area contributed by atoms with Gasteiger partial charge in [-0.1, -0.05) is 30.0 Å². The molecule has 0 unspecified atom stereocenters. The Morgan fingerprint density at radius 2 is 1.70 bits per heavy atom. The maximum atomic E-state index is 12.1. The normalized spacial score (nSPS) is 17.0. The van der Waals surface area contributed by atoms with Crippen molar-refractivity contribution in [3.63, 3.8) is 0 Å². The number of amides is 1. The molecule has 6 nitrogen and oxygen atoms in total. The Bertz CT molecular complexity index is 863. The summed E-state index contributed by atoms with van der Waals surface area (Å²) in [5, 5.41) is 5.63. The van der Waals surface area contributed by atoms with Crippen molar-refractivity contribution in [1.82, 2.24) is 0 Å². The molecular weight excluding hydrogens is 334 g/mol. The fourth-order valence-electron chi connectivity index (χ4n) is 2.10. The van der Waals surface area contributed by atoms with E-state index in [-0.39, 0.29) is 10.8 Å². The molecule has 2 aromatic carbocycles. The van der Waals surface area contributed by atoms with Crippen LogP contribution in [-0.2, 0) is 14.8 Å². The molecule has 8 heteroatoms. The molecule has 0 saturated carbocycles. The molecule has 0 aromatic heterocycles. The lowest BCUT2D eigenvalue weighted by atomic mass is 10.3. The van der Waals surface area contributed by atoms with Crippen LogP contribution in [0.5, 0.6) is 0 Å². The first-order chi connectivity index (χ1) is 10.9. The molecular formula is C15H13N3O3S2. The summed E-state index contributed by atoms with van der Waals surface area (Å²) in [5.74, 6) is 0.282. The third-order valence-electron chi connectivity index (χ3n) is 3.17. The number of nitrogens with two attached hydrogens (primary N) is 1. The van der Waals surface area contributed by atoms with Crippen molar-refractivity contribution in [2.45, 2.75) is 4.90 Å². The second-order valence-corrected chi connectivity index (χ2v) is 7.29. The summed E-state index contributed by atoms with van der Waals surface area (Å²) in [6.07, 6.45) is 0. The number of sulfonamides is 1. The number of rotatable bonds is 3. The monoisotopic (exact) mass is 347 g/mol. The number of primary sulfonamides is 1. The number of hydrogen-bond donors (Lipinski definition) is 1. The highest BCUT2D eigenvalue weighted by Crippen LogP contribution is 2.29. The van der Waals surface area contributed by atoms with Gasteiger partial charge in [0.25, 0.3) is 0 Å². The van der Waals surface area contributed by atoms with Gasteiger partial charge in [-0.15, -0.1) is 0 Å². The molecule has 1 amide bonds. The van der Waals surface area contributed by atoms with E-state index in [0.29, 0.717) is 16.6 Å². The van der Waals surface area contributed by atoms with Gasteiger partial charge in [0.2, 0.25) is 15.9 Å². The van der Waals surface area contributed by atoms with E-state index in [0.717, 1.165) is 5.69 Å². The molecule has 3 rings (SSSR count).